The summed E-state index contributed by atoms with van der Waals surface area (Å²) in [6, 6.07) is 10.1. The van der Waals surface area contributed by atoms with E-state index in [2.05, 4.69) is 10.2 Å². The molecule has 0 bridgehead atoms. The normalized spacial score (nSPS) is 16.1. The molecule has 180 valence electrons. The highest BCUT2D eigenvalue weighted by Gasteiger charge is 2.28. The van der Waals surface area contributed by atoms with E-state index in [1.807, 2.05) is 7.05 Å². The Morgan fingerprint density at radius 3 is 2.03 bits per heavy atom. The van der Waals surface area contributed by atoms with E-state index in [0.717, 1.165) is 28.6 Å². The Labute approximate surface area is 193 Å². The standard InChI is InChI=1S/C21H27FN4O5S2/c1-3-25(32(28,29)19-8-4-17(22)5-9-19)16-21(27)23-18-6-10-20(11-7-18)33(30,31)26-14-12-24(2)13-15-26/h4-11H,3,12-16H2,1-2H3,(H,23,27). The number of nitrogens with one attached hydrogen (secondary N) is 1. The number of carbonyl (C=O) groups is 1. The van der Waals surface area contributed by atoms with Crippen LogP contribution in [0.1, 0.15) is 6.92 Å². The van der Waals surface area contributed by atoms with Gasteiger partial charge in [0.25, 0.3) is 0 Å². The maximum Gasteiger partial charge on any atom is 0.243 e. The second-order valence-corrected chi connectivity index (χ2v) is 11.5. The van der Waals surface area contributed by atoms with Gasteiger partial charge in [-0.05, 0) is 55.6 Å². The van der Waals surface area contributed by atoms with Crippen molar-refractivity contribution in [2.24, 2.45) is 0 Å². The zero-order chi connectivity index (χ0) is 24.2. The Bertz CT molecular complexity index is 1180. The Hall–Kier alpha value is -2.38. The van der Waals surface area contributed by atoms with Crippen LogP contribution in [0.15, 0.2) is 58.3 Å². The molecule has 3 rings (SSSR count). The summed E-state index contributed by atoms with van der Waals surface area (Å²) in [6.07, 6.45) is 0. The van der Waals surface area contributed by atoms with Crippen LogP contribution in [0.25, 0.3) is 0 Å². The van der Waals surface area contributed by atoms with Crippen molar-refractivity contribution in [1.29, 1.82) is 0 Å². The predicted octanol–water partition coefficient (Wildman–Crippen LogP) is 1.41. The molecule has 0 unspecified atom stereocenters. The third kappa shape index (κ3) is 5.95. The van der Waals surface area contributed by atoms with Crippen LogP contribution < -0.4 is 5.32 Å². The Morgan fingerprint density at radius 1 is 0.939 bits per heavy atom. The van der Waals surface area contributed by atoms with Gasteiger partial charge in [0, 0.05) is 38.4 Å². The summed E-state index contributed by atoms with van der Waals surface area (Å²) in [5.74, 6) is -1.15. The minimum absolute atomic E-state index is 0.0370. The van der Waals surface area contributed by atoms with Gasteiger partial charge in [-0.1, -0.05) is 6.92 Å². The van der Waals surface area contributed by atoms with Gasteiger partial charge in [0.1, 0.15) is 5.82 Å². The third-order valence-corrected chi connectivity index (χ3v) is 9.21. The minimum Gasteiger partial charge on any atom is -0.325 e. The zero-order valence-corrected chi connectivity index (χ0v) is 20.1. The first-order chi connectivity index (χ1) is 15.5. The number of hydrogen-bond donors (Lipinski definition) is 1. The van der Waals surface area contributed by atoms with Crippen LogP contribution in [0.2, 0.25) is 0 Å². The molecule has 2 aromatic rings. The van der Waals surface area contributed by atoms with E-state index in [1.165, 1.54) is 28.6 Å². The van der Waals surface area contributed by atoms with Gasteiger partial charge in [-0.25, -0.2) is 21.2 Å². The van der Waals surface area contributed by atoms with Gasteiger partial charge in [-0.3, -0.25) is 4.79 Å². The van der Waals surface area contributed by atoms with Crippen molar-refractivity contribution >= 4 is 31.6 Å². The molecule has 0 atom stereocenters. The van der Waals surface area contributed by atoms with Gasteiger partial charge in [-0.15, -0.1) is 0 Å². The molecule has 1 saturated heterocycles. The quantitative estimate of drug-likeness (QED) is 0.590. The molecule has 12 heteroatoms. The number of rotatable bonds is 8. The number of halogens is 1. The lowest BCUT2D eigenvalue weighted by atomic mass is 10.3. The molecule has 9 nitrogen and oxygen atoms in total. The summed E-state index contributed by atoms with van der Waals surface area (Å²) in [7, 11) is -5.67. The second kappa shape index (κ2) is 10.3. The predicted molar refractivity (Wildman–Crippen MR) is 122 cm³/mol. The summed E-state index contributed by atoms with van der Waals surface area (Å²) >= 11 is 0. The highest BCUT2D eigenvalue weighted by atomic mass is 32.2. The maximum absolute atomic E-state index is 13.1. The maximum atomic E-state index is 13.1. The summed E-state index contributed by atoms with van der Waals surface area (Å²) in [4.78, 5) is 14.5. The number of likely N-dealkylation sites (N-methyl/N-ethyl adjacent to an activating group) is 2. The number of benzene rings is 2. The average Bonchev–Trinajstić information content (AvgIpc) is 2.78. The van der Waals surface area contributed by atoms with Crippen molar-refractivity contribution in [1.82, 2.24) is 13.5 Å². The van der Waals surface area contributed by atoms with E-state index in [9.17, 15) is 26.0 Å². The van der Waals surface area contributed by atoms with Crippen molar-refractivity contribution in [2.45, 2.75) is 16.7 Å². The smallest absolute Gasteiger partial charge is 0.243 e. The van der Waals surface area contributed by atoms with Gasteiger partial charge >= 0.3 is 0 Å². The average molecular weight is 499 g/mol. The van der Waals surface area contributed by atoms with Crippen molar-refractivity contribution < 1.29 is 26.0 Å². The minimum atomic E-state index is -3.98. The van der Waals surface area contributed by atoms with Crippen LogP contribution in [0.3, 0.4) is 0 Å². The molecule has 1 amide bonds. The number of nitrogens with zero attached hydrogens (tertiary/aromatic N) is 3. The molecule has 2 aromatic carbocycles. The molecule has 0 aromatic heterocycles. The fourth-order valence-corrected chi connectivity index (χ4v) is 6.20. The van der Waals surface area contributed by atoms with E-state index in [1.54, 1.807) is 6.92 Å². The summed E-state index contributed by atoms with van der Waals surface area (Å²) in [5.41, 5.74) is 0.340. The van der Waals surface area contributed by atoms with Crippen molar-refractivity contribution in [3.8, 4) is 0 Å². The van der Waals surface area contributed by atoms with Crippen LogP contribution >= 0.6 is 0 Å². The molecule has 1 aliphatic heterocycles. The Kier molecular flexibility index (Phi) is 7.85. The molecule has 1 aliphatic rings. The van der Waals surface area contributed by atoms with Crippen LogP contribution in [-0.4, -0.2) is 82.6 Å². The van der Waals surface area contributed by atoms with Crippen molar-refractivity contribution in [3.63, 3.8) is 0 Å². The Morgan fingerprint density at radius 2 is 1.48 bits per heavy atom. The summed E-state index contributed by atoms with van der Waals surface area (Å²) in [6.45, 7) is 3.31. The number of sulfonamides is 2. The molecule has 0 aliphatic carbocycles. The molecule has 1 fully saturated rings. The van der Waals surface area contributed by atoms with Gasteiger partial charge in [0.05, 0.1) is 16.3 Å². The lowest BCUT2D eigenvalue weighted by Gasteiger charge is -2.31. The molecule has 1 N–H and O–H groups in total. The SMILES string of the molecule is CCN(CC(=O)Nc1ccc(S(=O)(=O)N2CCN(C)CC2)cc1)S(=O)(=O)c1ccc(F)cc1. The first-order valence-electron chi connectivity index (χ1n) is 10.4. The molecule has 0 saturated carbocycles. The largest absolute Gasteiger partial charge is 0.325 e. The number of carbonyl (C=O) groups excluding carboxylic acids is 1. The van der Waals surface area contributed by atoms with Gasteiger partial charge in [-0.2, -0.15) is 8.61 Å². The van der Waals surface area contributed by atoms with Crippen LogP contribution in [-0.2, 0) is 24.8 Å². The van der Waals surface area contributed by atoms with E-state index in [-0.39, 0.29) is 16.3 Å². The fraction of sp³-hybridized carbons (Fsp3) is 0.381. The van der Waals surface area contributed by atoms with E-state index >= 15 is 0 Å². The first kappa shape index (κ1) is 25.2. The number of piperazine rings is 1. The monoisotopic (exact) mass is 498 g/mol. The first-order valence-corrected chi connectivity index (χ1v) is 13.3. The van der Waals surface area contributed by atoms with E-state index < -0.39 is 38.3 Å². The summed E-state index contributed by atoms with van der Waals surface area (Å²) in [5, 5.41) is 2.58. The molecule has 33 heavy (non-hydrogen) atoms. The van der Waals surface area contributed by atoms with Crippen molar-refractivity contribution in [3.05, 3.63) is 54.3 Å². The van der Waals surface area contributed by atoms with Crippen LogP contribution in [0.5, 0.6) is 0 Å². The number of hydrogen-bond acceptors (Lipinski definition) is 6. The topological polar surface area (TPSA) is 107 Å². The van der Waals surface area contributed by atoms with Crippen LogP contribution in [0.4, 0.5) is 10.1 Å². The number of anilines is 1. The Balaban J connectivity index is 1.66. The highest BCUT2D eigenvalue weighted by molar-refractivity contribution is 7.89. The molecule has 0 spiro atoms. The number of amides is 1. The molecular formula is C21H27FN4O5S2. The second-order valence-electron chi connectivity index (χ2n) is 7.67. The fourth-order valence-electron chi connectivity index (χ4n) is 3.37. The molecule has 1 heterocycles. The molecule has 0 radical (unpaired) electrons. The van der Waals surface area contributed by atoms with Gasteiger partial charge in [0.2, 0.25) is 26.0 Å². The lowest BCUT2D eigenvalue weighted by Crippen LogP contribution is -2.46. The third-order valence-electron chi connectivity index (χ3n) is 5.36. The van der Waals surface area contributed by atoms with Gasteiger partial charge in [0.15, 0.2) is 0 Å². The lowest BCUT2D eigenvalue weighted by molar-refractivity contribution is -0.116. The highest BCUT2D eigenvalue weighted by Crippen LogP contribution is 2.20. The van der Waals surface area contributed by atoms with E-state index in [0.29, 0.717) is 31.9 Å². The van der Waals surface area contributed by atoms with Crippen LogP contribution in [0, 0.1) is 5.82 Å². The van der Waals surface area contributed by atoms with Gasteiger partial charge < -0.3 is 10.2 Å². The van der Waals surface area contributed by atoms with Crippen molar-refractivity contribution in [2.75, 3.05) is 51.6 Å². The van der Waals surface area contributed by atoms with E-state index in [4.69, 9.17) is 0 Å². The zero-order valence-electron chi connectivity index (χ0n) is 18.4. The summed E-state index contributed by atoms with van der Waals surface area (Å²) < 4.78 is 66.6. The molecular weight excluding hydrogens is 471 g/mol.